The van der Waals surface area contributed by atoms with Crippen molar-refractivity contribution in [2.24, 2.45) is 0 Å². The normalized spacial score (nSPS) is 12.6. The molecule has 4 aromatic rings. The minimum Gasteiger partial charge on any atom is -0.461 e. The first-order chi connectivity index (χ1) is 13.1. The van der Waals surface area contributed by atoms with Crippen LogP contribution in [0.15, 0.2) is 70.7 Å². The number of benzene rings is 1. The number of hydrogen-bond donors (Lipinski definition) is 0. The summed E-state index contributed by atoms with van der Waals surface area (Å²) in [4.78, 5) is 3.55. The van der Waals surface area contributed by atoms with Crippen LogP contribution in [0.5, 0.6) is 0 Å². The molecule has 0 N–H and O–H groups in total. The fourth-order valence-electron chi connectivity index (χ4n) is 2.95. The molecule has 27 heavy (non-hydrogen) atoms. The molecule has 0 saturated carbocycles. The highest BCUT2D eigenvalue weighted by Gasteiger charge is 2.19. The van der Waals surface area contributed by atoms with Gasteiger partial charge in [0.05, 0.1) is 18.6 Å². The minimum atomic E-state index is 0.279. The van der Waals surface area contributed by atoms with Gasteiger partial charge in [-0.15, -0.1) is 16.4 Å². The molecule has 3 aromatic heterocycles. The van der Waals surface area contributed by atoms with Crippen molar-refractivity contribution in [2.45, 2.75) is 19.6 Å². The third-order valence-electron chi connectivity index (χ3n) is 4.57. The number of rotatable bonds is 6. The summed E-state index contributed by atoms with van der Waals surface area (Å²) in [5, 5.41) is 6.88. The summed E-state index contributed by atoms with van der Waals surface area (Å²) in [6.07, 6.45) is 1.65. The molecule has 3 heterocycles. The summed E-state index contributed by atoms with van der Waals surface area (Å²) in [5.74, 6) is 1.39. The lowest BCUT2D eigenvalue weighted by Gasteiger charge is -2.23. The molecule has 5 nitrogen and oxygen atoms in total. The summed E-state index contributed by atoms with van der Waals surface area (Å²) in [6, 6.07) is 18.3. The minimum absolute atomic E-state index is 0.279. The molecule has 0 aliphatic heterocycles. The van der Waals surface area contributed by atoms with Crippen LogP contribution in [-0.4, -0.2) is 26.3 Å². The maximum atomic E-state index is 5.77. The summed E-state index contributed by atoms with van der Waals surface area (Å²) in [5.41, 5.74) is 0.967. The molecular weight excluding hydrogens is 376 g/mol. The Labute approximate surface area is 167 Å². The van der Waals surface area contributed by atoms with Gasteiger partial charge in [0, 0.05) is 10.9 Å². The van der Waals surface area contributed by atoms with E-state index in [0.717, 1.165) is 5.69 Å². The van der Waals surface area contributed by atoms with Gasteiger partial charge in [-0.1, -0.05) is 24.3 Å². The van der Waals surface area contributed by atoms with Gasteiger partial charge in [0.2, 0.25) is 10.6 Å². The zero-order valence-corrected chi connectivity index (χ0v) is 16.8. The quantitative estimate of drug-likeness (QED) is 0.411. The highest BCUT2D eigenvalue weighted by atomic mass is 32.1. The summed E-state index contributed by atoms with van der Waals surface area (Å²) >= 11 is 7.53. The van der Waals surface area contributed by atoms with Gasteiger partial charge in [0.15, 0.2) is 5.76 Å². The second kappa shape index (κ2) is 7.64. The van der Waals surface area contributed by atoms with Gasteiger partial charge in [-0.2, -0.15) is 0 Å². The Bertz CT molecular complexity index is 1050. The van der Waals surface area contributed by atoms with Crippen LogP contribution in [0.4, 0.5) is 0 Å². The van der Waals surface area contributed by atoms with E-state index in [0.29, 0.717) is 23.0 Å². The Hall–Kier alpha value is -2.48. The highest BCUT2D eigenvalue weighted by Crippen LogP contribution is 2.26. The van der Waals surface area contributed by atoms with E-state index in [9.17, 15) is 0 Å². The van der Waals surface area contributed by atoms with Crippen molar-refractivity contribution in [3.63, 3.8) is 0 Å². The van der Waals surface area contributed by atoms with Crippen LogP contribution < -0.4 is 0 Å². The van der Waals surface area contributed by atoms with Crippen molar-refractivity contribution in [1.82, 2.24) is 19.2 Å². The molecule has 0 amide bonds. The van der Waals surface area contributed by atoms with Gasteiger partial charge < -0.3 is 4.42 Å². The van der Waals surface area contributed by atoms with E-state index in [2.05, 4.69) is 36.4 Å². The van der Waals surface area contributed by atoms with Crippen LogP contribution in [-0.2, 0) is 6.67 Å². The Morgan fingerprint density at radius 3 is 2.63 bits per heavy atom. The fraction of sp³-hybridized carbons (Fsp3) is 0.200. The molecule has 0 aliphatic rings. The van der Waals surface area contributed by atoms with Crippen molar-refractivity contribution >= 4 is 23.6 Å². The van der Waals surface area contributed by atoms with Crippen molar-refractivity contribution in [1.29, 1.82) is 0 Å². The molecule has 4 rings (SSSR count). The number of furan rings is 1. The third-order valence-corrected chi connectivity index (χ3v) is 6.00. The van der Waals surface area contributed by atoms with Crippen molar-refractivity contribution < 1.29 is 4.42 Å². The lowest BCUT2D eigenvalue weighted by molar-refractivity contribution is 0.197. The second-order valence-corrected chi connectivity index (χ2v) is 7.69. The average Bonchev–Trinajstić information content (AvgIpc) is 3.44. The Morgan fingerprint density at radius 2 is 1.96 bits per heavy atom. The molecule has 7 heteroatoms. The number of thiophene rings is 1. The van der Waals surface area contributed by atoms with E-state index < -0.39 is 0 Å². The summed E-state index contributed by atoms with van der Waals surface area (Å²) in [7, 11) is 2.08. The summed E-state index contributed by atoms with van der Waals surface area (Å²) < 4.78 is 10.1. The SMILES string of the molecule is CC(c1cccs1)N(C)Cn1nc(-c2ccco2)n(-c2ccccc2)c1=S. The van der Waals surface area contributed by atoms with E-state index in [4.69, 9.17) is 21.7 Å². The molecule has 1 unspecified atom stereocenters. The third kappa shape index (κ3) is 3.53. The van der Waals surface area contributed by atoms with E-state index >= 15 is 0 Å². The number of nitrogens with zero attached hydrogens (tertiary/aromatic N) is 4. The van der Waals surface area contributed by atoms with Crippen molar-refractivity contribution in [3.8, 4) is 17.3 Å². The lowest BCUT2D eigenvalue weighted by atomic mass is 10.2. The van der Waals surface area contributed by atoms with Crippen LogP contribution in [0.1, 0.15) is 17.8 Å². The lowest BCUT2D eigenvalue weighted by Crippen LogP contribution is -2.25. The zero-order chi connectivity index (χ0) is 18.8. The van der Waals surface area contributed by atoms with E-state index in [1.807, 2.05) is 51.7 Å². The average molecular weight is 397 g/mol. The predicted molar refractivity (Wildman–Crippen MR) is 111 cm³/mol. The number of hydrogen-bond acceptors (Lipinski definition) is 5. The zero-order valence-electron chi connectivity index (χ0n) is 15.1. The smallest absolute Gasteiger partial charge is 0.204 e. The van der Waals surface area contributed by atoms with E-state index in [1.165, 1.54) is 4.88 Å². The first-order valence-electron chi connectivity index (χ1n) is 8.68. The van der Waals surface area contributed by atoms with Crippen molar-refractivity contribution in [2.75, 3.05) is 7.05 Å². The van der Waals surface area contributed by atoms with Crippen LogP contribution in [0.3, 0.4) is 0 Å². The number of aromatic nitrogens is 3. The molecule has 1 atom stereocenters. The van der Waals surface area contributed by atoms with Crippen LogP contribution >= 0.6 is 23.6 Å². The fourth-order valence-corrected chi connectivity index (χ4v) is 4.09. The van der Waals surface area contributed by atoms with Gasteiger partial charge in [-0.3, -0.25) is 9.47 Å². The molecule has 0 saturated heterocycles. The molecular formula is C20H20N4OS2. The highest BCUT2D eigenvalue weighted by molar-refractivity contribution is 7.71. The van der Waals surface area contributed by atoms with Gasteiger partial charge in [-0.25, -0.2) is 4.68 Å². The Kier molecular flexibility index (Phi) is 5.07. The second-order valence-electron chi connectivity index (χ2n) is 6.34. The first kappa shape index (κ1) is 17.9. The molecule has 0 bridgehead atoms. The standard InChI is InChI=1S/C20H20N4OS2/c1-15(18-11-7-13-27-18)22(2)14-23-20(26)24(16-8-4-3-5-9-16)19(21-23)17-10-6-12-25-17/h3-13,15H,14H2,1-2H3. The van der Waals surface area contributed by atoms with Gasteiger partial charge in [-0.05, 0) is 61.9 Å². The molecule has 0 radical (unpaired) electrons. The summed E-state index contributed by atoms with van der Waals surface area (Å²) in [6.45, 7) is 2.78. The van der Waals surface area contributed by atoms with Crippen LogP contribution in [0.25, 0.3) is 17.3 Å². The first-order valence-corrected chi connectivity index (χ1v) is 9.96. The monoisotopic (exact) mass is 396 g/mol. The topological polar surface area (TPSA) is 39.1 Å². The Morgan fingerprint density at radius 1 is 1.15 bits per heavy atom. The number of para-hydroxylation sites is 1. The molecule has 0 fully saturated rings. The largest absolute Gasteiger partial charge is 0.461 e. The van der Waals surface area contributed by atoms with Gasteiger partial charge in [0.25, 0.3) is 0 Å². The molecule has 0 spiro atoms. The predicted octanol–water partition coefficient (Wildman–Crippen LogP) is 5.38. The maximum Gasteiger partial charge on any atom is 0.204 e. The molecule has 1 aromatic carbocycles. The van der Waals surface area contributed by atoms with E-state index in [-0.39, 0.29) is 6.04 Å². The van der Waals surface area contributed by atoms with Crippen LogP contribution in [0.2, 0.25) is 0 Å². The Balaban J connectivity index is 1.73. The van der Waals surface area contributed by atoms with Crippen LogP contribution in [0, 0.1) is 4.77 Å². The molecule has 138 valence electrons. The van der Waals surface area contributed by atoms with Crippen molar-refractivity contribution in [3.05, 3.63) is 75.9 Å². The molecule has 0 aliphatic carbocycles. The maximum absolute atomic E-state index is 5.77. The van der Waals surface area contributed by atoms with E-state index in [1.54, 1.807) is 17.6 Å². The van der Waals surface area contributed by atoms with Gasteiger partial charge >= 0.3 is 0 Å². The van der Waals surface area contributed by atoms with Gasteiger partial charge in [0.1, 0.15) is 0 Å².